The number of nitrogens with one attached hydrogen (secondary N) is 1. The van der Waals surface area contributed by atoms with Crippen LogP contribution in [0.2, 0.25) is 0 Å². The van der Waals surface area contributed by atoms with Crippen molar-refractivity contribution in [1.82, 2.24) is 4.98 Å². The second-order valence-corrected chi connectivity index (χ2v) is 6.66. The van der Waals surface area contributed by atoms with Gasteiger partial charge in [0.25, 0.3) is 0 Å². The van der Waals surface area contributed by atoms with E-state index in [0.29, 0.717) is 11.6 Å². The summed E-state index contributed by atoms with van der Waals surface area (Å²) in [7, 11) is 0. The first kappa shape index (κ1) is 11.2. The third-order valence-corrected chi connectivity index (χ3v) is 4.53. The molecule has 0 saturated heterocycles. The number of nitrogens with zero attached hydrogens (tertiary/aromatic N) is 1. The molecular weight excluding hydrogens is 255 g/mol. The lowest BCUT2D eigenvalue weighted by Crippen LogP contribution is -2.25. The number of anilines is 1. The zero-order valence-corrected chi connectivity index (χ0v) is 10.6. The minimum Gasteiger partial charge on any atom is -0.301 e. The number of hydrogen-bond donors (Lipinski definition) is 1. The second kappa shape index (κ2) is 3.34. The molecule has 2 rings (SSSR count). The number of halogens is 2. The minimum absolute atomic E-state index is 0.165. The van der Waals surface area contributed by atoms with E-state index in [4.69, 9.17) is 23.2 Å². The van der Waals surface area contributed by atoms with Gasteiger partial charge in [-0.15, -0.1) is 34.5 Å². The van der Waals surface area contributed by atoms with E-state index in [1.54, 1.807) is 13.1 Å². The number of aromatic nitrogens is 1. The Bertz CT molecular complexity index is 418. The van der Waals surface area contributed by atoms with Crippen molar-refractivity contribution in [3.8, 4) is 0 Å². The molecule has 3 nitrogen and oxygen atoms in total. The average molecular weight is 265 g/mol. The first-order chi connectivity index (χ1) is 6.85. The van der Waals surface area contributed by atoms with Crippen LogP contribution in [0.15, 0.2) is 6.20 Å². The molecule has 15 heavy (non-hydrogen) atoms. The summed E-state index contributed by atoms with van der Waals surface area (Å²) in [5.74, 6) is -0.165. The van der Waals surface area contributed by atoms with E-state index in [1.165, 1.54) is 11.3 Å². The van der Waals surface area contributed by atoms with E-state index >= 15 is 0 Å². The molecule has 82 valence electrons. The van der Waals surface area contributed by atoms with Crippen molar-refractivity contribution >= 4 is 45.6 Å². The summed E-state index contributed by atoms with van der Waals surface area (Å²) in [5.41, 5.74) is -0.685. The summed E-state index contributed by atoms with van der Waals surface area (Å²) < 4.78 is -0.927. The highest BCUT2D eigenvalue weighted by atomic mass is 35.5. The largest absolute Gasteiger partial charge is 0.301 e. The fourth-order valence-corrected chi connectivity index (χ4v) is 2.66. The zero-order chi connectivity index (χ0) is 11.3. The summed E-state index contributed by atoms with van der Waals surface area (Å²) in [6, 6.07) is 0. The van der Waals surface area contributed by atoms with Gasteiger partial charge in [0.15, 0.2) is 5.13 Å². The van der Waals surface area contributed by atoms with Gasteiger partial charge >= 0.3 is 0 Å². The lowest BCUT2D eigenvalue weighted by Gasteiger charge is -2.10. The first-order valence-electron chi connectivity index (χ1n) is 4.47. The molecule has 1 amide bonds. The molecule has 1 N–H and O–H groups in total. The molecule has 0 spiro atoms. The molecule has 0 radical (unpaired) electrons. The van der Waals surface area contributed by atoms with Gasteiger partial charge < -0.3 is 5.32 Å². The standard InChI is InChI=1S/C9H10Cl2N2OS/c1-5-3-12-7(15-5)13-6(14)8(2)4-9(8,10)11/h3H,4H2,1-2H3,(H,12,13,14)/t8-/m0/s1. The van der Waals surface area contributed by atoms with Crippen LogP contribution in [0.3, 0.4) is 0 Å². The number of hydrogen-bond acceptors (Lipinski definition) is 3. The molecule has 6 heteroatoms. The van der Waals surface area contributed by atoms with Gasteiger partial charge in [0.2, 0.25) is 5.91 Å². The van der Waals surface area contributed by atoms with Gasteiger partial charge in [0.1, 0.15) is 4.33 Å². The van der Waals surface area contributed by atoms with Crippen LogP contribution in [-0.2, 0) is 4.79 Å². The Morgan fingerprint density at radius 1 is 1.67 bits per heavy atom. The number of rotatable bonds is 2. The fourth-order valence-electron chi connectivity index (χ4n) is 1.29. The Labute approximate surface area is 102 Å². The maximum absolute atomic E-state index is 11.8. The zero-order valence-electron chi connectivity index (χ0n) is 8.30. The molecule has 1 aliphatic rings. The Kier molecular flexibility index (Phi) is 2.48. The van der Waals surface area contributed by atoms with Crippen LogP contribution >= 0.6 is 34.5 Å². The molecule has 0 bridgehead atoms. The van der Waals surface area contributed by atoms with Crippen LogP contribution in [0, 0.1) is 12.3 Å². The molecule has 1 heterocycles. The molecule has 1 aromatic rings. The van der Waals surface area contributed by atoms with Gasteiger partial charge in [-0.2, -0.15) is 0 Å². The highest BCUT2D eigenvalue weighted by Crippen LogP contribution is 2.64. The summed E-state index contributed by atoms with van der Waals surface area (Å²) in [6.07, 6.45) is 2.20. The predicted octanol–water partition coefficient (Wildman–Crippen LogP) is 2.97. The third kappa shape index (κ3) is 1.86. The maximum atomic E-state index is 11.8. The Morgan fingerprint density at radius 3 is 2.67 bits per heavy atom. The number of aryl methyl sites for hydroxylation is 1. The summed E-state index contributed by atoms with van der Waals surface area (Å²) in [6.45, 7) is 3.68. The number of amides is 1. The molecule has 1 aliphatic carbocycles. The lowest BCUT2D eigenvalue weighted by atomic mass is 10.1. The van der Waals surface area contributed by atoms with Gasteiger partial charge in [0.05, 0.1) is 5.41 Å². The third-order valence-electron chi connectivity index (χ3n) is 2.60. The van der Waals surface area contributed by atoms with Crippen molar-refractivity contribution in [2.24, 2.45) is 5.41 Å². The van der Waals surface area contributed by atoms with E-state index in [-0.39, 0.29) is 5.91 Å². The van der Waals surface area contributed by atoms with Crippen molar-refractivity contribution < 1.29 is 4.79 Å². The van der Waals surface area contributed by atoms with E-state index in [0.717, 1.165) is 4.88 Å². The number of thiazole rings is 1. The number of alkyl halides is 2. The van der Waals surface area contributed by atoms with Crippen LogP contribution in [0.5, 0.6) is 0 Å². The SMILES string of the molecule is Cc1cnc(NC(=O)[C@]2(C)CC2(Cl)Cl)s1. The van der Waals surface area contributed by atoms with Crippen LogP contribution in [-0.4, -0.2) is 15.2 Å². The van der Waals surface area contributed by atoms with E-state index in [1.807, 2.05) is 6.92 Å². The number of carbonyl (C=O) groups excluding carboxylic acids is 1. The highest BCUT2D eigenvalue weighted by molar-refractivity contribution is 7.15. The van der Waals surface area contributed by atoms with Gasteiger partial charge in [-0.05, 0) is 20.3 Å². The fraction of sp³-hybridized carbons (Fsp3) is 0.556. The molecule has 1 atom stereocenters. The smallest absolute Gasteiger partial charge is 0.235 e. The normalized spacial score (nSPS) is 27.5. The lowest BCUT2D eigenvalue weighted by molar-refractivity contribution is -0.120. The van der Waals surface area contributed by atoms with E-state index in [2.05, 4.69) is 10.3 Å². The average Bonchev–Trinajstić information content (AvgIpc) is 2.47. The predicted molar refractivity (Wildman–Crippen MR) is 62.6 cm³/mol. The van der Waals surface area contributed by atoms with Gasteiger partial charge in [0, 0.05) is 11.1 Å². The molecular formula is C9H10Cl2N2OS. The Balaban J connectivity index is 2.06. The van der Waals surface area contributed by atoms with Gasteiger partial charge in [-0.1, -0.05) is 0 Å². The first-order valence-corrected chi connectivity index (χ1v) is 6.04. The minimum atomic E-state index is -0.927. The maximum Gasteiger partial charge on any atom is 0.235 e. The van der Waals surface area contributed by atoms with Crippen molar-refractivity contribution in [2.75, 3.05) is 5.32 Å². The summed E-state index contributed by atoms with van der Waals surface area (Å²) in [4.78, 5) is 16.9. The van der Waals surface area contributed by atoms with Crippen LogP contribution in [0.4, 0.5) is 5.13 Å². The van der Waals surface area contributed by atoms with Crippen LogP contribution in [0.25, 0.3) is 0 Å². The molecule has 1 fully saturated rings. The molecule has 1 saturated carbocycles. The van der Waals surface area contributed by atoms with E-state index < -0.39 is 9.75 Å². The van der Waals surface area contributed by atoms with E-state index in [9.17, 15) is 4.79 Å². The van der Waals surface area contributed by atoms with Gasteiger partial charge in [-0.3, -0.25) is 4.79 Å². The Hall–Kier alpha value is -0.320. The van der Waals surface area contributed by atoms with Crippen LogP contribution in [0.1, 0.15) is 18.2 Å². The van der Waals surface area contributed by atoms with Crippen molar-refractivity contribution in [3.05, 3.63) is 11.1 Å². The van der Waals surface area contributed by atoms with Crippen molar-refractivity contribution in [1.29, 1.82) is 0 Å². The molecule has 0 aliphatic heterocycles. The topological polar surface area (TPSA) is 42.0 Å². The molecule has 1 aromatic heterocycles. The monoisotopic (exact) mass is 264 g/mol. The molecule has 0 aromatic carbocycles. The van der Waals surface area contributed by atoms with Crippen molar-refractivity contribution in [2.45, 2.75) is 24.6 Å². The number of carbonyl (C=O) groups is 1. The summed E-state index contributed by atoms with van der Waals surface area (Å²) >= 11 is 13.2. The van der Waals surface area contributed by atoms with Crippen molar-refractivity contribution in [3.63, 3.8) is 0 Å². The van der Waals surface area contributed by atoms with Crippen LogP contribution < -0.4 is 5.32 Å². The molecule has 0 unspecified atom stereocenters. The quantitative estimate of drug-likeness (QED) is 0.835. The Morgan fingerprint density at radius 2 is 2.27 bits per heavy atom. The summed E-state index contributed by atoms with van der Waals surface area (Å²) in [5, 5.41) is 3.31. The highest BCUT2D eigenvalue weighted by Gasteiger charge is 2.68. The second-order valence-electron chi connectivity index (χ2n) is 3.94. The van der Waals surface area contributed by atoms with Gasteiger partial charge in [-0.25, -0.2) is 4.98 Å².